The first-order chi connectivity index (χ1) is 20.6. The third-order valence-corrected chi connectivity index (χ3v) is 7.48. The van der Waals surface area contributed by atoms with E-state index in [2.05, 4.69) is 22.6 Å². The lowest BCUT2D eigenvalue weighted by atomic mass is 9.86. The maximum absolute atomic E-state index is 13.3. The van der Waals surface area contributed by atoms with Gasteiger partial charge in [-0.15, -0.1) is 5.10 Å². The zero-order valence-electron chi connectivity index (χ0n) is 27.2. The summed E-state index contributed by atoms with van der Waals surface area (Å²) >= 11 is 0. The molecule has 1 aliphatic heterocycles. The molecule has 2 heterocycles. The summed E-state index contributed by atoms with van der Waals surface area (Å²) in [7, 11) is 3.53. The van der Waals surface area contributed by atoms with Crippen LogP contribution in [0.15, 0.2) is 48.5 Å². The van der Waals surface area contributed by atoms with Crippen LogP contribution in [0.4, 0.5) is 5.69 Å². The Hall–Kier alpha value is -3.85. The molecule has 0 atom stereocenters. The number of aryl methyl sites for hydroxylation is 1. The summed E-state index contributed by atoms with van der Waals surface area (Å²) in [5.41, 5.74) is 5.15. The second-order valence-electron chi connectivity index (χ2n) is 11.0. The summed E-state index contributed by atoms with van der Waals surface area (Å²) < 4.78 is 6.66. The molecule has 1 aromatic heterocycles. The van der Waals surface area contributed by atoms with E-state index in [1.807, 2.05) is 83.3 Å². The lowest BCUT2D eigenvalue weighted by molar-refractivity contribution is -0.125. The highest BCUT2D eigenvalue weighted by Gasteiger charge is 2.28. The quantitative estimate of drug-likeness (QED) is 0.275. The fraction of sp³-hybridized carbons (Fsp3) is 0.500. The first-order valence-electron chi connectivity index (χ1n) is 15.2. The molecule has 4 rings (SSSR count). The number of unbranched alkanes of at least 4 members (excludes halogenated alkanes) is 1. The molecule has 1 aliphatic rings. The molecular formula is C34H49N5O4. The van der Waals surface area contributed by atoms with Crippen LogP contribution in [0.1, 0.15) is 79.2 Å². The van der Waals surface area contributed by atoms with E-state index in [0.29, 0.717) is 19.7 Å². The number of ether oxygens (including phenoxy) is 1. The van der Waals surface area contributed by atoms with Crippen LogP contribution in [0.3, 0.4) is 0 Å². The van der Waals surface area contributed by atoms with Crippen molar-refractivity contribution in [1.82, 2.24) is 20.3 Å². The molecule has 2 aromatic carbocycles. The predicted molar refractivity (Wildman–Crippen MR) is 173 cm³/mol. The van der Waals surface area contributed by atoms with Crippen LogP contribution in [0.25, 0.3) is 22.5 Å². The molecule has 9 nitrogen and oxygen atoms in total. The Bertz CT molecular complexity index is 1350. The van der Waals surface area contributed by atoms with Gasteiger partial charge in [0.05, 0.1) is 17.9 Å². The Morgan fingerprint density at radius 3 is 2.30 bits per heavy atom. The number of hydrogen-bond donors (Lipinski definition) is 1. The second kappa shape index (κ2) is 17.3. The number of ketones is 1. The van der Waals surface area contributed by atoms with E-state index in [1.54, 1.807) is 23.6 Å². The molecule has 0 radical (unpaired) electrons. The average molecular weight is 592 g/mol. The Morgan fingerprint density at radius 1 is 1.00 bits per heavy atom. The minimum atomic E-state index is -0.212. The van der Waals surface area contributed by atoms with Crippen molar-refractivity contribution in [1.29, 1.82) is 0 Å². The van der Waals surface area contributed by atoms with Crippen LogP contribution in [0, 0.1) is 5.41 Å². The van der Waals surface area contributed by atoms with Gasteiger partial charge in [-0.25, -0.2) is 4.68 Å². The van der Waals surface area contributed by atoms with Gasteiger partial charge in [0.25, 0.3) is 0 Å². The summed E-state index contributed by atoms with van der Waals surface area (Å²) in [4.78, 5) is 38.1. The third-order valence-electron chi connectivity index (χ3n) is 7.48. The molecule has 0 unspecified atom stereocenters. The summed E-state index contributed by atoms with van der Waals surface area (Å²) in [6.07, 6.45) is 3.10. The average Bonchev–Trinajstić information content (AvgIpc) is 3.38. The highest BCUT2D eigenvalue weighted by Crippen LogP contribution is 2.40. The Morgan fingerprint density at radius 2 is 1.65 bits per heavy atom. The smallest absolute Gasteiger partial charge is 0.227 e. The Kier molecular flexibility index (Phi) is 14.2. The summed E-state index contributed by atoms with van der Waals surface area (Å²) in [6.45, 7) is 13.3. The molecule has 3 aromatic rings. The minimum absolute atomic E-state index is 0.0831. The van der Waals surface area contributed by atoms with Crippen molar-refractivity contribution in [3.05, 3.63) is 54.1 Å². The molecule has 0 fully saturated rings. The van der Waals surface area contributed by atoms with Crippen molar-refractivity contribution in [3.63, 3.8) is 0 Å². The molecule has 0 aliphatic carbocycles. The number of hydrogen-bond acceptors (Lipinski definition) is 6. The highest BCUT2D eigenvalue weighted by atomic mass is 16.5. The van der Waals surface area contributed by atoms with Crippen LogP contribution in [0.5, 0.6) is 0 Å². The standard InChI is InChI=1S/C24H27N5O2.C8H16O2.C2H6/c1-3-4-15-25-21(30)13-14-22(31)29-16-17-9-5-6-10-18(17)24-23(26-27-28(24)2)19-11-7-8-12-20(19)29;1-7(9)8(2,3)5-6-10-4;1-2/h5-12H,3-4,13-16H2,1-2H3,(H,25,30);5-6H2,1-4H3;1-2H3. The number of carbonyl (C=O) groups is 3. The zero-order valence-corrected chi connectivity index (χ0v) is 27.2. The Labute approximate surface area is 257 Å². The molecule has 2 amide bonds. The van der Waals surface area contributed by atoms with Crippen LogP contribution in [-0.4, -0.2) is 52.9 Å². The van der Waals surface area contributed by atoms with Gasteiger partial charge >= 0.3 is 0 Å². The first-order valence-corrected chi connectivity index (χ1v) is 15.2. The summed E-state index contributed by atoms with van der Waals surface area (Å²) in [5.74, 6) is 0.0588. The molecule has 0 saturated carbocycles. The molecular weight excluding hydrogens is 542 g/mol. The van der Waals surface area contributed by atoms with Gasteiger partial charge in [0.1, 0.15) is 11.5 Å². The number of benzene rings is 2. The maximum Gasteiger partial charge on any atom is 0.227 e. The van der Waals surface area contributed by atoms with E-state index in [4.69, 9.17) is 4.74 Å². The van der Waals surface area contributed by atoms with E-state index in [1.165, 1.54) is 0 Å². The predicted octanol–water partition coefficient (Wildman–Crippen LogP) is 6.36. The molecule has 9 heteroatoms. The number of aromatic nitrogens is 3. The van der Waals surface area contributed by atoms with E-state index in [-0.39, 0.29) is 35.9 Å². The lowest BCUT2D eigenvalue weighted by Crippen LogP contribution is -2.33. The van der Waals surface area contributed by atoms with Gasteiger partial charge in [0.2, 0.25) is 11.8 Å². The topological polar surface area (TPSA) is 106 Å². The van der Waals surface area contributed by atoms with E-state index in [0.717, 1.165) is 53.0 Å². The van der Waals surface area contributed by atoms with Crippen molar-refractivity contribution in [2.24, 2.45) is 12.5 Å². The van der Waals surface area contributed by atoms with Crippen LogP contribution >= 0.6 is 0 Å². The van der Waals surface area contributed by atoms with Crippen molar-refractivity contribution in [2.45, 2.75) is 80.2 Å². The van der Waals surface area contributed by atoms with Gasteiger partial charge in [-0.3, -0.25) is 14.4 Å². The number of rotatable bonds is 10. The zero-order chi connectivity index (χ0) is 32.0. The van der Waals surface area contributed by atoms with E-state index < -0.39 is 0 Å². The van der Waals surface area contributed by atoms with Crippen LogP contribution in [0.2, 0.25) is 0 Å². The number of carbonyl (C=O) groups excluding carboxylic acids is 3. The number of anilines is 1. The number of amides is 2. The van der Waals surface area contributed by atoms with Crippen molar-refractivity contribution >= 4 is 23.3 Å². The van der Waals surface area contributed by atoms with E-state index in [9.17, 15) is 14.4 Å². The maximum atomic E-state index is 13.3. The largest absolute Gasteiger partial charge is 0.385 e. The Balaban J connectivity index is 0.000000459. The molecule has 0 saturated heterocycles. The number of methoxy groups -OCH3 is 1. The molecule has 0 bridgehead atoms. The number of Topliss-reactive ketones (excluding diaryl/α,β-unsaturated/α-hetero) is 1. The number of nitrogens with one attached hydrogen (secondary N) is 1. The molecule has 234 valence electrons. The van der Waals surface area contributed by atoms with Crippen molar-refractivity contribution < 1.29 is 19.1 Å². The monoisotopic (exact) mass is 591 g/mol. The van der Waals surface area contributed by atoms with Gasteiger partial charge in [0.15, 0.2) is 0 Å². The van der Waals surface area contributed by atoms with Gasteiger partial charge < -0.3 is 15.0 Å². The number of para-hydroxylation sites is 1. The first kappa shape index (κ1) is 35.3. The van der Waals surface area contributed by atoms with Crippen molar-refractivity contribution in [3.8, 4) is 22.5 Å². The van der Waals surface area contributed by atoms with Gasteiger partial charge in [-0.05, 0) is 31.4 Å². The van der Waals surface area contributed by atoms with E-state index >= 15 is 0 Å². The van der Waals surface area contributed by atoms with Crippen LogP contribution in [-0.2, 0) is 32.7 Å². The minimum Gasteiger partial charge on any atom is -0.385 e. The molecule has 43 heavy (non-hydrogen) atoms. The summed E-state index contributed by atoms with van der Waals surface area (Å²) in [5, 5.41) is 11.6. The summed E-state index contributed by atoms with van der Waals surface area (Å²) in [6, 6.07) is 15.8. The molecule has 1 N–H and O–H groups in total. The van der Waals surface area contributed by atoms with Gasteiger partial charge in [-0.1, -0.05) is 88.7 Å². The number of fused-ring (bicyclic) bond motifs is 5. The van der Waals surface area contributed by atoms with Crippen LogP contribution < -0.4 is 10.2 Å². The normalized spacial score (nSPS) is 11.7. The van der Waals surface area contributed by atoms with Crippen molar-refractivity contribution in [2.75, 3.05) is 25.2 Å². The molecule has 0 spiro atoms. The highest BCUT2D eigenvalue weighted by molar-refractivity contribution is 6.01. The fourth-order valence-corrected chi connectivity index (χ4v) is 4.50. The fourth-order valence-electron chi connectivity index (χ4n) is 4.50. The third kappa shape index (κ3) is 9.58. The van der Waals surface area contributed by atoms with Gasteiger partial charge in [-0.2, -0.15) is 0 Å². The number of nitrogens with zero attached hydrogens (tertiary/aromatic N) is 4. The van der Waals surface area contributed by atoms with Gasteiger partial charge in [0, 0.05) is 56.7 Å². The SMILES string of the molecule is CC.CCCCNC(=O)CCC(=O)N1Cc2ccccc2-c2c(nnn2C)-c2ccccc21.COCCC(C)(C)C(C)=O. The second-order valence-corrected chi connectivity index (χ2v) is 11.0. The lowest BCUT2D eigenvalue weighted by Gasteiger charge is -2.28.